The summed E-state index contributed by atoms with van der Waals surface area (Å²) >= 11 is -1.08. The molecule has 0 aliphatic heterocycles. The van der Waals surface area contributed by atoms with Crippen molar-refractivity contribution in [3.05, 3.63) is 0 Å². The monoisotopic (exact) mass is 289 g/mol. The summed E-state index contributed by atoms with van der Waals surface area (Å²) in [6.07, 6.45) is 7.75. The summed E-state index contributed by atoms with van der Waals surface area (Å²) < 4.78 is 3.51. The molecule has 1 fully saturated rings. The van der Waals surface area contributed by atoms with Crippen LogP contribution in [0.3, 0.4) is 0 Å². The van der Waals surface area contributed by atoms with Crippen LogP contribution in [-0.2, 0) is 0 Å². The van der Waals surface area contributed by atoms with Crippen molar-refractivity contribution in [2.24, 2.45) is 0 Å². The van der Waals surface area contributed by atoms with E-state index in [4.69, 9.17) is 0 Å². The van der Waals surface area contributed by atoms with Crippen molar-refractivity contribution in [3.8, 4) is 0 Å². The number of hydrogen-bond acceptors (Lipinski definition) is 0. The van der Waals surface area contributed by atoms with Gasteiger partial charge in [0.15, 0.2) is 0 Å². The fourth-order valence-electron chi connectivity index (χ4n) is 2.88. The van der Waals surface area contributed by atoms with E-state index in [1.165, 1.54) is 23.2 Å². The van der Waals surface area contributed by atoms with Gasteiger partial charge < -0.3 is 0 Å². The Kier molecular flexibility index (Phi) is 4.60. The summed E-state index contributed by atoms with van der Waals surface area (Å²) in [7, 11) is 0. The Morgan fingerprint density at radius 3 is 2.00 bits per heavy atom. The second-order valence-electron chi connectivity index (χ2n) is 5.46. The van der Waals surface area contributed by atoms with E-state index in [0.29, 0.717) is 0 Å². The molecule has 1 saturated carbocycles. The molecule has 0 radical (unpaired) electrons. The average molecular weight is 288 g/mol. The molecule has 1 aliphatic carbocycles. The van der Waals surface area contributed by atoms with Gasteiger partial charge in [-0.15, -0.1) is 0 Å². The number of rotatable bonds is 2. The van der Waals surface area contributed by atoms with E-state index in [1.807, 2.05) is 0 Å². The molecule has 0 N–H and O–H groups in total. The predicted octanol–water partition coefficient (Wildman–Crippen LogP) is 4.64. The second-order valence-corrected chi connectivity index (χ2v) is 17.1. The molecule has 0 aromatic heterocycles. The first-order valence-electron chi connectivity index (χ1n) is 5.92. The molecule has 1 heteroatoms. The molecule has 0 spiro atoms. The molecule has 0 aromatic carbocycles. The van der Waals surface area contributed by atoms with Crippen LogP contribution in [0.15, 0.2) is 0 Å². The van der Waals surface area contributed by atoms with Gasteiger partial charge in [-0.3, -0.25) is 0 Å². The molecule has 0 atom stereocenters. The third-order valence-electron chi connectivity index (χ3n) is 3.44. The summed E-state index contributed by atoms with van der Waals surface area (Å²) in [4.78, 5) is 0. The van der Waals surface area contributed by atoms with Gasteiger partial charge in [0.1, 0.15) is 0 Å². The minimum atomic E-state index is -1.08. The normalized spacial score (nSPS) is 20.3. The van der Waals surface area contributed by atoms with Gasteiger partial charge in [0.2, 0.25) is 0 Å². The van der Waals surface area contributed by atoms with E-state index in [1.54, 1.807) is 17.3 Å². The second kappa shape index (κ2) is 5.04. The molecule has 0 bridgehead atoms. The van der Waals surface area contributed by atoms with Gasteiger partial charge in [-0.2, -0.15) is 0 Å². The van der Waals surface area contributed by atoms with Crippen molar-refractivity contribution in [2.45, 2.75) is 71.6 Å². The van der Waals surface area contributed by atoms with Crippen molar-refractivity contribution in [1.82, 2.24) is 0 Å². The molecule has 1 rings (SSSR count). The Labute approximate surface area is 91.2 Å². The van der Waals surface area contributed by atoms with Gasteiger partial charge in [-0.1, -0.05) is 0 Å². The standard InChI is InChI=1S/C6H11.C4H9.C2H5.Sn/c1-2-4-6-5-3-1;1-4(2)3;1-2;/h1H,2-6H2;1-3H3;1H2,2H3;/q;;;+1. The summed E-state index contributed by atoms with van der Waals surface area (Å²) in [5, 5.41) is 0. The van der Waals surface area contributed by atoms with Crippen LogP contribution in [0.5, 0.6) is 0 Å². The Balaban J connectivity index is 2.54. The van der Waals surface area contributed by atoms with Crippen LogP contribution in [0.1, 0.15) is 59.8 Å². The summed E-state index contributed by atoms with van der Waals surface area (Å²) in [6, 6.07) is 0. The summed E-state index contributed by atoms with van der Waals surface area (Å²) in [5.41, 5.74) is 0. The molecule has 0 heterocycles. The summed E-state index contributed by atoms with van der Waals surface area (Å²) in [5.74, 6) is 0. The van der Waals surface area contributed by atoms with Crippen molar-refractivity contribution < 1.29 is 0 Å². The van der Waals surface area contributed by atoms with Crippen LogP contribution in [-0.4, -0.2) is 19.8 Å². The molecule has 0 aromatic rings. The van der Waals surface area contributed by atoms with Gasteiger partial charge in [0, 0.05) is 0 Å². The number of hydrogen-bond donors (Lipinski definition) is 0. The fraction of sp³-hybridized carbons (Fsp3) is 1.00. The van der Waals surface area contributed by atoms with Gasteiger partial charge in [0.05, 0.1) is 0 Å². The zero-order valence-electron chi connectivity index (χ0n) is 9.82. The first-order valence-corrected chi connectivity index (χ1v) is 11.0. The molecule has 0 nitrogen and oxygen atoms in total. The average Bonchev–Trinajstić information content (AvgIpc) is 2.05. The maximum atomic E-state index is 2.50. The van der Waals surface area contributed by atoms with Crippen molar-refractivity contribution in [3.63, 3.8) is 0 Å². The van der Waals surface area contributed by atoms with Crippen LogP contribution >= 0.6 is 0 Å². The quantitative estimate of drug-likeness (QED) is 0.649. The van der Waals surface area contributed by atoms with Crippen LogP contribution in [0, 0.1) is 0 Å². The van der Waals surface area contributed by atoms with E-state index >= 15 is 0 Å². The van der Waals surface area contributed by atoms with Crippen LogP contribution < -0.4 is 0 Å². The molecule has 1 aliphatic rings. The zero-order valence-corrected chi connectivity index (χ0v) is 12.7. The van der Waals surface area contributed by atoms with Gasteiger partial charge in [-0.05, 0) is 0 Å². The third-order valence-corrected chi connectivity index (χ3v) is 15.6. The van der Waals surface area contributed by atoms with E-state index < -0.39 is 19.8 Å². The zero-order chi connectivity index (χ0) is 9.90. The van der Waals surface area contributed by atoms with Gasteiger partial charge in [-0.25, -0.2) is 0 Å². The fourth-order valence-corrected chi connectivity index (χ4v) is 14.2. The van der Waals surface area contributed by atoms with Crippen molar-refractivity contribution in [2.75, 3.05) is 0 Å². The Bertz CT molecular complexity index is 140. The minimum absolute atomic E-state index is 0.721. The van der Waals surface area contributed by atoms with Crippen molar-refractivity contribution >= 4 is 19.8 Å². The summed E-state index contributed by atoms with van der Waals surface area (Å²) in [6.45, 7) is 9.95. The first kappa shape index (κ1) is 11.9. The Morgan fingerprint density at radius 1 is 1.08 bits per heavy atom. The van der Waals surface area contributed by atoms with Crippen LogP contribution in [0.2, 0.25) is 11.8 Å². The van der Waals surface area contributed by atoms with Crippen molar-refractivity contribution in [1.29, 1.82) is 0 Å². The van der Waals surface area contributed by atoms with Crippen LogP contribution in [0.25, 0.3) is 0 Å². The van der Waals surface area contributed by atoms with Gasteiger partial charge in [0.25, 0.3) is 0 Å². The predicted molar refractivity (Wildman–Crippen MR) is 62.8 cm³/mol. The van der Waals surface area contributed by atoms with Gasteiger partial charge >= 0.3 is 91.4 Å². The molecule has 0 amide bonds. The molecular formula is C12H25Sn+. The first-order chi connectivity index (χ1) is 6.05. The molecular weight excluding hydrogens is 263 g/mol. The van der Waals surface area contributed by atoms with E-state index in [2.05, 4.69) is 27.7 Å². The van der Waals surface area contributed by atoms with Crippen LogP contribution in [0.4, 0.5) is 0 Å². The van der Waals surface area contributed by atoms with E-state index in [9.17, 15) is 0 Å². The van der Waals surface area contributed by atoms with E-state index in [-0.39, 0.29) is 0 Å². The molecule has 13 heavy (non-hydrogen) atoms. The molecule has 76 valence electrons. The Hall–Kier alpha value is 0.799. The maximum absolute atomic E-state index is 2.50. The SMILES string of the molecule is C[CH2][Sn+]([CH]1CCCCC1)[C](C)(C)C. The van der Waals surface area contributed by atoms with E-state index in [0.717, 1.165) is 3.43 Å². The molecule has 0 unspecified atom stereocenters. The molecule has 0 saturated heterocycles. The topological polar surface area (TPSA) is 0 Å². The third kappa shape index (κ3) is 3.45. The Morgan fingerprint density at radius 2 is 1.62 bits per heavy atom.